The molecule has 24 heavy (non-hydrogen) atoms. The molecule has 2 aliphatic rings. The highest BCUT2D eigenvalue weighted by molar-refractivity contribution is 5.81. The lowest BCUT2D eigenvalue weighted by molar-refractivity contribution is 0.0507. The lowest BCUT2D eigenvalue weighted by Crippen LogP contribution is -2.45. The molecule has 3 unspecified atom stereocenters. The van der Waals surface area contributed by atoms with E-state index in [1.54, 1.807) is 0 Å². The lowest BCUT2D eigenvalue weighted by Gasteiger charge is -2.24. The van der Waals surface area contributed by atoms with E-state index in [1.165, 1.54) is 19.3 Å². The summed E-state index contributed by atoms with van der Waals surface area (Å²) in [5, 5.41) is 6.59. The van der Waals surface area contributed by atoms with E-state index in [9.17, 15) is 4.79 Å². The Morgan fingerprint density at radius 2 is 2.04 bits per heavy atom. The molecular formula is C18H34N4O2. The lowest BCUT2D eigenvalue weighted by atomic mass is 10.2. The Kier molecular flexibility index (Phi) is 6.35. The number of rotatable bonds is 5. The van der Waals surface area contributed by atoms with Gasteiger partial charge in [-0.25, -0.2) is 4.79 Å². The Hall–Kier alpha value is -1.46. The number of likely N-dealkylation sites (tertiary alicyclic amines) is 1. The maximum Gasteiger partial charge on any atom is 0.407 e. The van der Waals surface area contributed by atoms with Gasteiger partial charge in [0, 0.05) is 25.7 Å². The average molecular weight is 338 g/mol. The molecule has 2 N–H and O–H groups in total. The van der Waals surface area contributed by atoms with E-state index in [0.717, 1.165) is 37.9 Å². The number of carbonyl (C=O) groups excluding carboxylic acids is 1. The van der Waals surface area contributed by atoms with Crippen LogP contribution in [0.2, 0.25) is 0 Å². The summed E-state index contributed by atoms with van der Waals surface area (Å²) >= 11 is 0. The highest BCUT2D eigenvalue weighted by Crippen LogP contribution is 2.34. The number of amides is 1. The highest BCUT2D eigenvalue weighted by Gasteiger charge is 2.38. The van der Waals surface area contributed by atoms with Gasteiger partial charge in [0.15, 0.2) is 5.96 Å². The summed E-state index contributed by atoms with van der Waals surface area (Å²) < 4.78 is 5.34. The van der Waals surface area contributed by atoms with E-state index in [2.05, 4.69) is 34.4 Å². The predicted molar refractivity (Wildman–Crippen MR) is 97.3 cm³/mol. The number of aliphatic imine (C=N–C) groups is 1. The fraction of sp³-hybridized carbons (Fsp3) is 0.889. The van der Waals surface area contributed by atoms with E-state index in [0.29, 0.717) is 6.04 Å². The number of hydrogen-bond donors (Lipinski definition) is 2. The van der Waals surface area contributed by atoms with Crippen LogP contribution in [0, 0.1) is 5.92 Å². The second kappa shape index (κ2) is 8.08. The molecule has 3 atom stereocenters. The fourth-order valence-corrected chi connectivity index (χ4v) is 3.21. The number of carbonyl (C=O) groups is 1. The third-order valence-corrected chi connectivity index (χ3v) is 4.41. The van der Waals surface area contributed by atoms with Crippen molar-refractivity contribution in [3.05, 3.63) is 0 Å². The minimum absolute atomic E-state index is 0.120. The van der Waals surface area contributed by atoms with Crippen LogP contribution < -0.4 is 10.6 Å². The molecule has 0 spiro atoms. The zero-order valence-corrected chi connectivity index (χ0v) is 15.9. The van der Waals surface area contributed by atoms with Crippen LogP contribution in [0.5, 0.6) is 0 Å². The predicted octanol–water partition coefficient (Wildman–Crippen LogP) is 2.74. The molecule has 1 saturated carbocycles. The Balaban J connectivity index is 1.81. The van der Waals surface area contributed by atoms with Crippen molar-refractivity contribution in [1.82, 2.24) is 15.5 Å². The van der Waals surface area contributed by atoms with E-state index >= 15 is 0 Å². The molecule has 6 nitrogen and oxygen atoms in total. The summed E-state index contributed by atoms with van der Waals surface area (Å²) in [5.41, 5.74) is -0.459. The van der Waals surface area contributed by atoms with Crippen molar-refractivity contribution in [2.45, 2.75) is 78.0 Å². The zero-order chi connectivity index (χ0) is 17.7. The van der Waals surface area contributed by atoms with Gasteiger partial charge in [-0.1, -0.05) is 13.3 Å². The van der Waals surface area contributed by atoms with Crippen LogP contribution in [-0.4, -0.2) is 54.3 Å². The molecule has 1 aliphatic heterocycles. The Morgan fingerprint density at radius 3 is 2.67 bits per heavy atom. The Labute approximate surface area is 146 Å². The minimum Gasteiger partial charge on any atom is -0.444 e. The van der Waals surface area contributed by atoms with Crippen LogP contribution in [0.1, 0.15) is 60.3 Å². The van der Waals surface area contributed by atoms with Gasteiger partial charge in [0.25, 0.3) is 0 Å². The first-order valence-corrected chi connectivity index (χ1v) is 9.37. The van der Waals surface area contributed by atoms with Crippen LogP contribution in [-0.2, 0) is 4.74 Å². The minimum atomic E-state index is -0.459. The van der Waals surface area contributed by atoms with E-state index in [-0.39, 0.29) is 12.1 Å². The van der Waals surface area contributed by atoms with Gasteiger partial charge in [0.05, 0.1) is 6.04 Å². The smallest absolute Gasteiger partial charge is 0.407 e. The molecule has 0 bridgehead atoms. The molecule has 138 valence electrons. The topological polar surface area (TPSA) is 66.0 Å². The highest BCUT2D eigenvalue weighted by atomic mass is 16.6. The number of nitrogens with zero attached hydrogens (tertiary/aromatic N) is 2. The molecule has 2 fully saturated rings. The van der Waals surface area contributed by atoms with Gasteiger partial charge in [0.1, 0.15) is 5.60 Å². The first-order valence-electron chi connectivity index (χ1n) is 9.37. The van der Waals surface area contributed by atoms with Crippen molar-refractivity contribution in [3.63, 3.8) is 0 Å². The fourth-order valence-electron chi connectivity index (χ4n) is 3.21. The first-order chi connectivity index (χ1) is 11.3. The number of alkyl carbamates (subject to hydrolysis) is 1. The SMILES string of the molecule is CCCC1CC1NC(=NCC)N1CCC(NC(=O)OC(C)(C)C)C1. The average Bonchev–Trinajstić information content (AvgIpc) is 3.01. The monoisotopic (exact) mass is 338 g/mol. The van der Waals surface area contributed by atoms with Gasteiger partial charge in [-0.3, -0.25) is 4.99 Å². The maximum absolute atomic E-state index is 11.9. The molecule has 1 amide bonds. The van der Waals surface area contributed by atoms with Crippen molar-refractivity contribution in [3.8, 4) is 0 Å². The summed E-state index contributed by atoms with van der Waals surface area (Å²) in [6, 6.07) is 0.697. The normalized spacial score (nSPS) is 27.1. The second-order valence-electron chi connectivity index (χ2n) is 7.91. The van der Waals surface area contributed by atoms with E-state index in [4.69, 9.17) is 4.74 Å². The third kappa shape index (κ3) is 5.87. The summed E-state index contributed by atoms with van der Waals surface area (Å²) in [6.45, 7) is 12.4. The maximum atomic E-state index is 11.9. The quantitative estimate of drug-likeness (QED) is 0.597. The standard InChI is InChI=1S/C18H34N4O2/c1-6-8-13-11-15(13)21-16(19-7-2)22-10-9-14(12-22)20-17(23)24-18(3,4)5/h13-15H,6-12H2,1-5H3,(H,19,21)(H,20,23). The van der Waals surface area contributed by atoms with Gasteiger partial charge < -0.3 is 20.3 Å². The molecule has 6 heteroatoms. The van der Waals surface area contributed by atoms with Crippen molar-refractivity contribution in [2.24, 2.45) is 10.9 Å². The van der Waals surface area contributed by atoms with E-state index < -0.39 is 5.60 Å². The number of hydrogen-bond acceptors (Lipinski definition) is 3. The number of nitrogens with one attached hydrogen (secondary N) is 2. The summed E-state index contributed by atoms with van der Waals surface area (Å²) in [4.78, 5) is 18.8. The van der Waals surface area contributed by atoms with Crippen molar-refractivity contribution in [2.75, 3.05) is 19.6 Å². The summed E-state index contributed by atoms with van der Waals surface area (Å²) in [5.74, 6) is 1.80. The van der Waals surface area contributed by atoms with Gasteiger partial charge in [-0.05, 0) is 52.9 Å². The molecule has 0 aromatic heterocycles. The largest absolute Gasteiger partial charge is 0.444 e. The second-order valence-corrected chi connectivity index (χ2v) is 7.91. The number of guanidine groups is 1. The molecule has 0 aromatic rings. The number of ether oxygens (including phenoxy) is 1. The third-order valence-electron chi connectivity index (χ3n) is 4.41. The van der Waals surface area contributed by atoms with Gasteiger partial charge in [0.2, 0.25) is 0 Å². The van der Waals surface area contributed by atoms with Crippen molar-refractivity contribution >= 4 is 12.1 Å². The van der Waals surface area contributed by atoms with Crippen molar-refractivity contribution < 1.29 is 9.53 Å². The molecule has 0 aromatic carbocycles. The van der Waals surface area contributed by atoms with E-state index in [1.807, 2.05) is 20.8 Å². The van der Waals surface area contributed by atoms with Crippen LogP contribution >= 0.6 is 0 Å². The molecule has 1 saturated heterocycles. The summed E-state index contributed by atoms with van der Waals surface area (Å²) in [7, 11) is 0. The zero-order valence-electron chi connectivity index (χ0n) is 15.9. The Morgan fingerprint density at radius 1 is 1.29 bits per heavy atom. The van der Waals surface area contributed by atoms with Gasteiger partial charge in [-0.15, -0.1) is 0 Å². The van der Waals surface area contributed by atoms with Crippen LogP contribution in [0.15, 0.2) is 4.99 Å². The Bertz CT molecular complexity index is 458. The van der Waals surface area contributed by atoms with Gasteiger partial charge >= 0.3 is 6.09 Å². The molecule has 2 rings (SSSR count). The van der Waals surface area contributed by atoms with Crippen molar-refractivity contribution in [1.29, 1.82) is 0 Å². The molecule has 1 aliphatic carbocycles. The van der Waals surface area contributed by atoms with Crippen LogP contribution in [0.4, 0.5) is 4.79 Å². The summed E-state index contributed by atoms with van der Waals surface area (Å²) in [6.07, 6.45) is 4.38. The molecule has 0 radical (unpaired) electrons. The van der Waals surface area contributed by atoms with Gasteiger partial charge in [-0.2, -0.15) is 0 Å². The molecule has 1 heterocycles. The molecular weight excluding hydrogens is 304 g/mol. The first kappa shape index (κ1) is 18.9. The van der Waals surface area contributed by atoms with Crippen LogP contribution in [0.25, 0.3) is 0 Å². The van der Waals surface area contributed by atoms with Crippen LogP contribution in [0.3, 0.4) is 0 Å².